The van der Waals surface area contributed by atoms with E-state index in [4.69, 9.17) is 13.8 Å². The number of hydrogen-bond acceptors (Lipinski definition) is 6. The van der Waals surface area contributed by atoms with Gasteiger partial charge in [-0.05, 0) is 69.8 Å². The van der Waals surface area contributed by atoms with E-state index in [2.05, 4.69) is 12.2 Å². The predicted molar refractivity (Wildman–Crippen MR) is 151 cm³/mol. The fraction of sp³-hybridized carbons (Fsp3) is 0.759. The lowest BCUT2D eigenvalue weighted by atomic mass is 9.95. The third kappa shape index (κ3) is 19.5. The van der Waals surface area contributed by atoms with Gasteiger partial charge in [-0.3, -0.25) is 9.05 Å². The molecule has 0 heterocycles. The molecule has 2 N–H and O–H groups in total. The van der Waals surface area contributed by atoms with E-state index >= 15 is 0 Å². The van der Waals surface area contributed by atoms with Gasteiger partial charge in [0.2, 0.25) is 0 Å². The van der Waals surface area contributed by atoms with Crippen molar-refractivity contribution < 1.29 is 28.0 Å². The summed E-state index contributed by atoms with van der Waals surface area (Å²) in [6, 6.07) is 7.86. The van der Waals surface area contributed by atoms with E-state index in [0.29, 0.717) is 12.8 Å². The minimum Gasteiger partial charge on any atom is -0.494 e. The van der Waals surface area contributed by atoms with Gasteiger partial charge in [0.05, 0.1) is 19.8 Å². The molecule has 2 unspecified atom stereocenters. The highest BCUT2D eigenvalue weighted by atomic mass is 31.2. The Bertz CT molecular complexity index is 742. The van der Waals surface area contributed by atoms with Crippen molar-refractivity contribution in [3.8, 4) is 5.75 Å². The fourth-order valence-electron chi connectivity index (χ4n) is 4.25. The number of carbonyl (C=O) groups is 1. The van der Waals surface area contributed by atoms with Gasteiger partial charge in [0.25, 0.3) is 0 Å². The van der Waals surface area contributed by atoms with Gasteiger partial charge in [-0.1, -0.05) is 76.8 Å². The van der Waals surface area contributed by atoms with E-state index in [1.807, 2.05) is 31.3 Å². The van der Waals surface area contributed by atoms with Gasteiger partial charge in [-0.15, -0.1) is 0 Å². The second-order valence-corrected chi connectivity index (χ2v) is 11.5. The number of phosphoric ester groups is 1. The summed E-state index contributed by atoms with van der Waals surface area (Å²) < 4.78 is 28.3. The largest absolute Gasteiger partial charge is 0.494 e. The summed E-state index contributed by atoms with van der Waals surface area (Å²) in [4.78, 5) is 21.7. The molecule has 1 rings (SSSR count). The molecule has 0 aliphatic carbocycles. The number of carbonyl (C=O) groups excluding carboxylic acids is 1. The molecular weight excluding hydrogens is 489 g/mol. The van der Waals surface area contributed by atoms with Crippen molar-refractivity contribution in [2.24, 2.45) is 5.92 Å². The number of unbranched alkanes of at least 4 members (excludes halogenated alkanes) is 10. The Kier molecular flexibility index (Phi) is 19.8. The van der Waals surface area contributed by atoms with Crippen LogP contribution in [0.1, 0.15) is 103 Å². The Labute approximate surface area is 225 Å². The van der Waals surface area contributed by atoms with E-state index in [-0.39, 0.29) is 31.3 Å². The maximum atomic E-state index is 12.2. The Balaban J connectivity index is 2.31. The highest BCUT2D eigenvalue weighted by molar-refractivity contribution is 7.47. The minimum absolute atomic E-state index is 0.0130. The molecule has 2 atom stereocenters. The quantitative estimate of drug-likeness (QED) is 0.0994. The third-order valence-electron chi connectivity index (χ3n) is 6.34. The van der Waals surface area contributed by atoms with Crippen molar-refractivity contribution in [2.75, 3.05) is 33.4 Å². The predicted octanol–water partition coefficient (Wildman–Crippen LogP) is 7.26. The third-order valence-corrected chi connectivity index (χ3v) is 7.32. The van der Waals surface area contributed by atoms with Crippen molar-refractivity contribution in [2.45, 2.75) is 104 Å². The summed E-state index contributed by atoms with van der Waals surface area (Å²) in [5, 5.41) is 3.02. The Morgan fingerprint density at radius 2 is 1.49 bits per heavy atom. The van der Waals surface area contributed by atoms with Crippen LogP contribution in [0.5, 0.6) is 5.75 Å². The first kappa shape index (κ1) is 33.8. The molecule has 0 bridgehead atoms. The number of ketones is 1. The van der Waals surface area contributed by atoms with Gasteiger partial charge in [0.1, 0.15) is 11.5 Å². The molecular formula is C29H52NO6P. The summed E-state index contributed by atoms with van der Waals surface area (Å²) in [6.45, 7) is 5.47. The average molecular weight is 542 g/mol. The topological polar surface area (TPSA) is 94.1 Å². The van der Waals surface area contributed by atoms with Crippen LogP contribution in [-0.4, -0.2) is 44.1 Å². The number of phosphoric acid groups is 1. The number of nitrogens with one attached hydrogen (secondary N) is 1. The molecule has 1 aromatic rings. The van der Waals surface area contributed by atoms with Crippen LogP contribution in [0.15, 0.2) is 24.3 Å². The molecule has 0 saturated heterocycles. The van der Waals surface area contributed by atoms with Crippen molar-refractivity contribution >= 4 is 13.6 Å². The SMILES string of the molecule is CCCCCCCCCCCCOc1ccc(CC(COP(=O)(O)OCCCCNC)CC(C)=O)cc1. The second kappa shape index (κ2) is 21.7. The van der Waals surface area contributed by atoms with Crippen molar-refractivity contribution in [3.05, 3.63) is 29.8 Å². The zero-order chi connectivity index (χ0) is 27.2. The summed E-state index contributed by atoms with van der Waals surface area (Å²) in [5.74, 6) is 0.653. The normalized spacial score (nSPS) is 13.8. The van der Waals surface area contributed by atoms with Gasteiger partial charge in [-0.25, -0.2) is 4.57 Å². The van der Waals surface area contributed by atoms with Crippen LogP contribution in [0.2, 0.25) is 0 Å². The Hall–Kier alpha value is -1.24. The molecule has 7 nitrogen and oxygen atoms in total. The van der Waals surface area contributed by atoms with Gasteiger partial charge >= 0.3 is 7.82 Å². The number of rotatable bonds is 25. The molecule has 0 radical (unpaired) electrons. The molecule has 214 valence electrons. The molecule has 0 saturated carbocycles. The van der Waals surface area contributed by atoms with E-state index in [1.54, 1.807) is 0 Å². The number of benzene rings is 1. The Morgan fingerprint density at radius 3 is 2.08 bits per heavy atom. The first-order chi connectivity index (χ1) is 17.9. The van der Waals surface area contributed by atoms with Gasteiger partial charge in [0, 0.05) is 6.42 Å². The first-order valence-corrected chi connectivity index (χ1v) is 15.8. The first-order valence-electron chi connectivity index (χ1n) is 14.3. The molecule has 0 fully saturated rings. The van der Waals surface area contributed by atoms with Gasteiger partial charge < -0.3 is 19.7 Å². The summed E-state index contributed by atoms with van der Waals surface area (Å²) >= 11 is 0. The van der Waals surface area contributed by atoms with Crippen LogP contribution in [0.3, 0.4) is 0 Å². The maximum absolute atomic E-state index is 12.2. The highest BCUT2D eigenvalue weighted by Crippen LogP contribution is 2.44. The smallest absolute Gasteiger partial charge is 0.472 e. The summed E-state index contributed by atoms with van der Waals surface area (Å²) in [6.07, 6.45) is 15.4. The zero-order valence-electron chi connectivity index (χ0n) is 23.6. The fourth-order valence-corrected chi connectivity index (χ4v) is 5.09. The standard InChI is InChI=1S/C29H52NO6P/c1-4-5-6-7-8-9-10-11-12-14-21-34-29-18-16-27(17-19-29)24-28(23-26(2)31)25-36-37(32,33)35-22-15-13-20-30-3/h16-19,28,30H,4-15,20-25H2,1-3H3,(H,32,33). The molecule has 0 amide bonds. The van der Waals surface area contributed by atoms with Gasteiger partial charge in [-0.2, -0.15) is 0 Å². The Morgan fingerprint density at radius 1 is 0.892 bits per heavy atom. The van der Waals surface area contributed by atoms with Crippen LogP contribution in [0.4, 0.5) is 0 Å². The van der Waals surface area contributed by atoms with E-state index in [9.17, 15) is 14.3 Å². The minimum atomic E-state index is -4.13. The van der Waals surface area contributed by atoms with Crippen LogP contribution < -0.4 is 10.1 Å². The van der Waals surface area contributed by atoms with E-state index < -0.39 is 7.82 Å². The highest BCUT2D eigenvalue weighted by Gasteiger charge is 2.24. The monoisotopic (exact) mass is 541 g/mol. The molecule has 0 spiro atoms. The lowest BCUT2D eigenvalue weighted by Crippen LogP contribution is -2.16. The summed E-state index contributed by atoms with van der Waals surface area (Å²) in [5.41, 5.74) is 1.03. The molecule has 1 aromatic carbocycles. The second-order valence-electron chi connectivity index (χ2n) is 10.1. The van der Waals surface area contributed by atoms with Crippen LogP contribution in [-0.2, 0) is 24.8 Å². The van der Waals surface area contributed by atoms with Crippen LogP contribution >= 0.6 is 7.82 Å². The van der Waals surface area contributed by atoms with Gasteiger partial charge in [0.15, 0.2) is 0 Å². The lowest BCUT2D eigenvalue weighted by Gasteiger charge is -2.18. The van der Waals surface area contributed by atoms with Crippen molar-refractivity contribution in [3.63, 3.8) is 0 Å². The lowest BCUT2D eigenvalue weighted by molar-refractivity contribution is -0.118. The van der Waals surface area contributed by atoms with E-state index in [0.717, 1.165) is 37.3 Å². The number of hydrogen-bond donors (Lipinski definition) is 2. The van der Waals surface area contributed by atoms with Crippen molar-refractivity contribution in [1.82, 2.24) is 5.32 Å². The molecule has 0 aromatic heterocycles. The van der Waals surface area contributed by atoms with Crippen LogP contribution in [0, 0.1) is 5.92 Å². The number of ether oxygens (including phenoxy) is 1. The average Bonchev–Trinajstić information content (AvgIpc) is 2.86. The molecule has 37 heavy (non-hydrogen) atoms. The summed E-state index contributed by atoms with van der Waals surface area (Å²) in [7, 11) is -2.28. The van der Waals surface area contributed by atoms with Crippen LogP contribution in [0.25, 0.3) is 0 Å². The molecule has 0 aliphatic heterocycles. The van der Waals surface area contributed by atoms with Crippen molar-refractivity contribution in [1.29, 1.82) is 0 Å². The number of Topliss-reactive ketones (excluding diaryl/α,β-unsaturated/α-hetero) is 1. The zero-order valence-corrected chi connectivity index (χ0v) is 24.4. The molecule has 8 heteroatoms. The molecule has 0 aliphatic rings. The maximum Gasteiger partial charge on any atom is 0.472 e. The van der Waals surface area contributed by atoms with E-state index in [1.165, 1.54) is 64.7 Å².